The fraction of sp³-hybridized carbons (Fsp3) is 0.261. The number of ketones is 1. The minimum Gasteiger partial charge on any atom is -0.341 e. The molecule has 4 rings (SSSR count). The summed E-state index contributed by atoms with van der Waals surface area (Å²) in [4.78, 5) is 31.7. The van der Waals surface area contributed by atoms with Gasteiger partial charge in [-0.1, -0.05) is 54.2 Å². The van der Waals surface area contributed by atoms with Gasteiger partial charge in [0.25, 0.3) is 0 Å². The van der Waals surface area contributed by atoms with Gasteiger partial charge in [0.05, 0.1) is 10.8 Å². The van der Waals surface area contributed by atoms with E-state index in [1.54, 1.807) is 6.20 Å². The third-order valence-corrected chi connectivity index (χ3v) is 6.09. The van der Waals surface area contributed by atoms with Crippen LogP contribution >= 0.6 is 11.8 Å². The summed E-state index contributed by atoms with van der Waals surface area (Å²) < 4.78 is 0. The number of thioether (sulfide) groups is 1. The maximum absolute atomic E-state index is 13.0. The van der Waals surface area contributed by atoms with E-state index in [-0.39, 0.29) is 17.6 Å². The molecule has 1 saturated heterocycles. The first-order valence-corrected chi connectivity index (χ1v) is 10.5. The molecule has 1 amide bonds. The van der Waals surface area contributed by atoms with Crippen LogP contribution in [0.25, 0.3) is 10.8 Å². The number of carbonyl (C=O) groups excluding carboxylic acids is 2. The molecule has 28 heavy (non-hydrogen) atoms. The predicted molar refractivity (Wildman–Crippen MR) is 113 cm³/mol. The van der Waals surface area contributed by atoms with Gasteiger partial charge in [0.2, 0.25) is 5.91 Å². The number of pyridine rings is 1. The van der Waals surface area contributed by atoms with Crippen LogP contribution in [0, 0.1) is 5.92 Å². The number of aromatic nitrogens is 1. The molecule has 0 saturated carbocycles. The van der Waals surface area contributed by atoms with Gasteiger partial charge in [-0.15, -0.1) is 0 Å². The van der Waals surface area contributed by atoms with E-state index in [0.717, 1.165) is 40.7 Å². The van der Waals surface area contributed by atoms with Gasteiger partial charge in [-0.05, 0) is 41.8 Å². The molecule has 0 radical (unpaired) electrons. The van der Waals surface area contributed by atoms with Gasteiger partial charge in [-0.25, -0.2) is 4.98 Å². The summed E-state index contributed by atoms with van der Waals surface area (Å²) in [6.45, 7) is 1.23. The number of fused-ring (bicyclic) bond motifs is 1. The molecule has 0 aliphatic carbocycles. The summed E-state index contributed by atoms with van der Waals surface area (Å²) in [6, 6.07) is 19.6. The molecule has 4 nitrogen and oxygen atoms in total. The summed E-state index contributed by atoms with van der Waals surface area (Å²) in [5.41, 5.74) is 0.737. The molecule has 5 heteroatoms. The second-order valence-corrected chi connectivity index (χ2v) is 8.06. The fourth-order valence-electron chi connectivity index (χ4n) is 3.66. The minimum absolute atomic E-state index is 0.0756. The zero-order valence-corrected chi connectivity index (χ0v) is 16.4. The van der Waals surface area contributed by atoms with Crippen molar-refractivity contribution in [3.05, 3.63) is 72.4 Å². The predicted octanol–water partition coefficient (Wildman–Crippen LogP) is 4.45. The van der Waals surface area contributed by atoms with E-state index in [1.807, 2.05) is 65.6 Å². The van der Waals surface area contributed by atoms with E-state index in [2.05, 4.69) is 4.98 Å². The fourth-order valence-corrected chi connectivity index (χ4v) is 4.42. The zero-order chi connectivity index (χ0) is 19.3. The maximum atomic E-state index is 13.0. The summed E-state index contributed by atoms with van der Waals surface area (Å²) in [6.07, 6.45) is 3.43. The highest BCUT2D eigenvalue weighted by atomic mass is 32.2. The largest absolute Gasteiger partial charge is 0.341 e. The zero-order valence-electron chi connectivity index (χ0n) is 15.6. The van der Waals surface area contributed by atoms with Gasteiger partial charge in [0.1, 0.15) is 0 Å². The van der Waals surface area contributed by atoms with E-state index < -0.39 is 0 Å². The van der Waals surface area contributed by atoms with E-state index in [0.29, 0.717) is 12.3 Å². The number of hydrogen-bond acceptors (Lipinski definition) is 4. The van der Waals surface area contributed by atoms with Crippen LogP contribution in [-0.2, 0) is 4.79 Å². The maximum Gasteiger partial charge on any atom is 0.233 e. The first kappa shape index (κ1) is 18.7. The van der Waals surface area contributed by atoms with Gasteiger partial charge >= 0.3 is 0 Å². The van der Waals surface area contributed by atoms with Crippen LogP contribution in [0.15, 0.2) is 71.9 Å². The van der Waals surface area contributed by atoms with E-state index in [4.69, 9.17) is 0 Å². The average Bonchev–Trinajstić information content (AvgIpc) is 2.77. The number of piperidine rings is 1. The van der Waals surface area contributed by atoms with Crippen molar-refractivity contribution in [1.29, 1.82) is 0 Å². The Bertz CT molecular complexity index is 990. The van der Waals surface area contributed by atoms with Crippen LogP contribution in [0.4, 0.5) is 0 Å². The lowest BCUT2D eigenvalue weighted by Gasteiger charge is -2.32. The summed E-state index contributed by atoms with van der Waals surface area (Å²) in [7, 11) is 0. The molecular formula is C23H22N2O2S. The first-order chi connectivity index (χ1) is 13.7. The Balaban J connectivity index is 1.40. The highest BCUT2D eigenvalue weighted by Crippen LogP contribution is 2.24. The number of hydrogen-bond donors (Lipinski definition) is 0. The number of carbonyl (C=O) groups is 2. The van der Waals surface area contributed by atoms with Crippen molar-refractivity contribution in [2.24, 2.45) is 5.92 Å². The standard InChI is InChI=1S/C23H22N2O2S/c26-22(16-28-21-9-3-4-12-24-21)25-13-5-8-20(15-25)23(27)19-11-10-17-6-1-2-7-18(17)14-19/h1-4,6-7,9-12,14,20H,5,8,13,15-16H2. The molecular weight excluding hydrogens is 368 g/mol. The van der Waals surface area contributed by atoms with Crippen LogP contribution in [0.1, 0.15) is 23.2 Å². The highest BCUT2D eigenvalue weighted by molar-refractivity contribution is 7.99. The number of benzene rings is 2. The molecule has 0 N–H and O–H groups in total. The van der Waals surface area contributed by atoms with Crippen molar-refractivity contribution < 1.29 is 9.59 Å². The lowest BCUT2D eigenvalue weighted by Crippen LogP contribution is -2.43. The summed E-state index contributed by atoms with van der Waals surface area (Å²) in [5.74, 6) is 0.444. The van der Waals surface area contributed by atoms with Crippen molar-refractivity contribution in [3.63, 3.8) is 0 Å². The van der Waals surface area contributed by atoms with E-state index in [1.165, 1.54) is 11.8 Å². The number of Topliss-reactive ketones (excluding diaryl/α,β-unsaturated/α-hetero) is 1. The van der Waals surface area contributed by atoms with Gasteiger partial charge in [-0.3, -0.25) is 9.59 Å². The summed E-state index contributed by atoms with van der Waals surface area (Å²) >= 11 is 1.44. The van der Waals surface area contributed by atoms with Crippen LogP contribution in [-0.4, -0.2) is 40.4 Å². The Morgan fingerprint density at radius 2 is 1.86 bits per heavy atom. The highest BCUT2D eigenvalue weighted by Gasteiger charge is 2.29. The van der Waals surface area contributed by atoms with Crippen LogP contribution < -0.4 is 0 Å². The molecule has 1 unspecified atom stereocenters. The summed E-state index contributed by atoms with van der Waals surface area (Å²) in [5, 5.41) is 3.05. The first-order valence-electron chi connectivity index (χ1n) is 9.55. The number of rotatable bonds is 5. The molecule has 1 aliphatic heterocycles. The molecule has 2 aromatic carbocycles. The van der Waals surface area contributed by atoms with Crippen LogP contribution in [0.2, 0.25) is 0 Å². The van der Waals surface area contributed by atoms with E-state index in [9.17, 15) is 9.59 Å². The SMILES string of the molecule is O=C(c1ccc2ccccc2c1)C1CCCN(C(=O)CSc2ccccn2)C1. The number of nitrogens with zero attached hydrogens (tertiary/aromatic N) is 2. The van der Waals surface area contributed by atoms with E-state index >= 15 is 0 Å². The molecule has 0 spiro atoms. The second kappa shape index (κ2) is 8.57. The van der Waals surface area contributed by atoms with Crippen LogP contribution in [0.5, 0.6) is 0 Å². The molecule has 1 atom stereocenters. The Labute approximate surface area is 169 Å². The van der Waals surface area contributed by atoms with Crippen LogP contribution in [0.3, 0.4) is 0 Å². The molecule has 2 heterocycles. The Kier molecular flexibility index (Phi) is 5.72. The Morgan fingerprint density at radius 3 is 2.68 bits per heavy atom. The molecule has 3 aromatic rings. The molecule has 1 fully saturated rings. The molecule has 1 aliphatic rings. The van der Waals surface area contributed by atoms with Gasteiger partial charge in [0, 0.05) is 30.8 Å². The lowest BCUT2D eigenvalue weighted by molar-refractivity contribution is -0.129. The average molecular weight is 391 g/mol. The Hall–Kier alpha value is -2.66. The molecule has 0 bridgehead atoms. The van der Waals surface area contributed by atoms with Crippen molar-refractivity contribution in [2.45, 2.75) is 17.9 Å². The minimum atomic E-state index is -0.126. The van der Waals surface area contributed by atoms with Crippen molar-refractivity contribution >= 4 is 34.2 Å². The quantitative estimate of drug-likeness (QED) is 0.477. The smallest absolute Gasteiger partial charge is 0.233 e. The van der Waals surface area contributed by atoms with Gasteiger partial charge in [0.15, 0.2) is 5.78 Å². The third kappa shape index (κ3) is 4.25. The van der Waals surface area contributed by atoms with Crippen molar-refractivity contribution in [2.75, 3.05) is 18.8 Å². The normalized spacial score (nSPS) is 16.9. The van der Waals surface area contributed by atoms with Gasteiger partial charge in [-0.2, -0.15) is 0 Å². The Morgan fingerprint density at radius 1 is 1.04 bits per heavy atom. The topological polar surface area (TPSA) is 50.3 Å². The molecule has 142 valence electrons. The number of amides is 1. The lowest BCUT2D eigenvalue weighted by atomic mass is 9.89. The van der Waals surface area contributed by atoms with Crippen molar-refractivity contribution in [3.8, 4) is 0 Å². The molecule has 1 aromatic heterocycles. The van der Waals surface area contributed by atoms with Crippen molar-refractivity contribution in [1.82, 2.24) is 9.88 Å². The van der Waals surface area contributed by atoms with Gasteiger partial charge < -0.3 is 4.90 Å². The third-order valence-electron chi connectivity index (χ3n) is 5.16. The monoisotopic (exact) mass is 390 g/mol. The second-order valence-electron chi connectivity index (χ2n) is 7.06. The number of likely N-dealkylation sites (tertiary alicyclic amines) is 1.